The highest BCUT2D eigenvalue weighted by Crippen LogP contribution is 2.24. The first-order chi connectivity index (χ1) is 6.29. The number of benzene rings is 2. The van der Waals surface area contributed by atoms with Crippen molar-refractivity contribution in [3.63, 3.8) is 0 Å². The normalized spacial score (nSPS) is 13.1. The second kappa shape index (κ2) is 3.15. The van der Waals surface area contributed by atoms with E-state index in [9.17, 15) is 4.39 Å². The fourth-order valence-corrected chi connectivity index (χ4v) is 1.46. The Morgan fingerprint density at radius 2 is 1.69 bits per heavy atom. The van der Waals surface area contributed by atoms with E-state index in [4.69, 9.17) is 5.11 Å². The molecular weight excluding hydrogens is 167 g/mol. The molecule has 0 aromatic heterocycles. The fraction of sp³-hybridized carbons (Fsp3) is 0.0909. The second-order valence-corrected chi connectivity index (χ2v) is 2.90. The van der Waals surface area contributed by atoms with Gasteiger partial charge in [0.2, 0.25) is 6.36 Å². The van der Waals surface area contributed by atoms with E-state index >= 15 is 0 Å². The lowest BCUT2D eigenvalue weighted by Gasteiger charge is -2.05. The molecule has 2 aromatic carbocycles. The number of hydrogen-bond acceptors (Lipinski definition) is 1. The van der Waals surface area contributed by atoms with Crippen molar-refractivity contribution in [1.82, 2.24) is 0 Å². The Morgan fingerprint density at radius 3 is 2.46 bits per heavy atom. The molecule has 2 aromatic rings. The maximum Gasteiger partial charge on any atom is 0.223 e. The summed E-state index contributed by atoms with van der Waals surface area (Å²) in [5.74, 6) is 0. The van der Waals surface area contributed by atoms with Crippen LogP contribution < -0.4 is 0 Å². The molecule has 0 bridgehead atoms. The first-order valence-electron chi connectivity index (χ1n) is 4.09. The van der Waals surface area contributed by atoms with Crippen molar-refractivity contribution in [2.24, 2.45) is 0 Å². The highest BCUT2D eigenvalue weighted by Gasteiger charge is 2.07. The van der Waals surface area contributed by atoms with Crippen LogP contribution in [0.2, 0.25) is 0 Å². The fourth-order valence-electron chi connectivity index (χ4n) is 1.46. The van der Waals surface area contributed by atoms with Gasteiger partial charge in [0, 0.05) is 5.56 Å². The van der Waals surface area contributed by atoms with E-state index in [1.165, 1.54) is 0 Å². The SMILES string of the molecule is OC(F)c1cccc2ccccc12. The zero-order chi connectivity index (χ0) is 9.26. The summed E-state index contributed by atoms with van der Waals surface area (Å²) in [4.78, 5) is 0. The maximum atomic E-state index is 12.7. The van der Waals surface area contributed by atoms with E-state index in [0.717, 1.165) is 10.8 Å². The van der Waals surface area contributed by atoms with E-state index < -0.39 is 6.36 Å². The van der Waals surface area contributed by atoms with Crippen LogP contribution in [0.5, 0.6) is 0 Å². The van der Waals surface area contributed by atoms with Gasteiger partial charge in [-0.2, -0.15) is 0 Å². The van der Waals surface area contributed by atoms with Crippen LogP contribution >= 0.6 is 0 Å². The predicted octanol–water partition coefficient (Wildman–Crippen LogP) is 2.80. The molecule has 13 heavy (non-hydrogen) atoms. The average Bonchev–Trinajstić information content (AvgIpc) is 2.17. The molecule has 1 atom stereocenters. The van der Waals surface area contributed by atoms with Crippen molar-refractivity contribution in [2.45, 2.75) is 6.36 Å². The molecule has 0 spiro atoms. The number of halogens is 1. The Labute approximate surface area is 75.4 Å². The van der Waals surface area contributed by atoms with E-state index in [1.54, 1.807) is 18.2 Å². The van der Waals surface area contributed by atoms with Crippen molar-refractivity contribution in [2.75, 3.05) is 0 Å². The summed E-state index contributed by atoms with van der Waals surface area (Å²) < 4.78 is 12.7. The zero-order valence-electron chi connectivity index (χ0n) is 6.94. The van der Waals surface area contributed by atoms with Crippen molar-refractivity contribution >= 4 is 10.8 Å². The van der Waals surface area contributed by atoms with Crippen molar-refractivity contribution in [1.29, 1.82) is 0 Å². The van der Waals surface area contributed by atoms with Crippen molar-refractivity contribution < 1.29 is 9.50 Å². The van der Waals surface area contributed by atoms with Gasteiger partial charge in [0.15, 0.2) is 0 Å². The van der Waals surface area contributed by atoms with Crippen LogP contribution in [0.3, 0.4) is 0 Å². The minimum Gasteiger partial charge on any atom is -0.360 e. The summed E-state index contributed by atoms with van der Waals surface area (Å²) >= 11 is 0. The number of hydrogen-bond donors (Lipinski definition) is 1. The molecule has 2 rings (SSSR count). The zero-order valence-corrected chi connectivity index (χ0v) is 6.94. The number of alkyl halides is 1. The average molecular weight is 176 g/mol. The summed E-state index contributed by atoms with van der Waals surface area (Å²) in [6.45, 7) is 0. The van der Waals surface area contributed by atoms with Gasteiger partial charge < -0.3 is 5.11 Å². The molecule has 0 aliphatic heterocycles. The molecular formula is C11H9FO. The molecule has 0 amide bonds. The van der Waals surface area contributed by atoms with Crippen LogP contribution in [0, 0.1) is 0 Å². The Bertz CT molecular complexity index is 418. The summed E-state index contributed by atoms with van der Waals surface area (Å²) in [5.41, 5.74) is 0.332. The van der Waals surface area contributed by atoms with Crippen LogP contribution in [0.4, 0.5) is 4.39 Å². The van der Waals surface area contributed by atoms with Gasteiger partial charge in [-0.05, 0) is 10.8 Å². The minimum atomic E-state index is -1.90. The lowest BCUT2D eigenvalue weighted by molar-refractivity contribution is 0.0425. The van der Waals surface area contributed by atoms with E-state index in [0.29, 0.717) is 5.56 Å². The molecule has 0 fully saturated rings. The Morgan fingerprint density at radius 1 is 1.00 bits per heavy atom. The lowest BCUT2D eigenvalue weighted by atomic mass is 10.1. The Kier molecular flexibility index (Phi) is 1.99. The third kappa shape index (κ3) is 1.40. The largest absolute Gasteiger partial charge is 0.360 e. The van der Waals surface area contributed by atoms with Gasteiger partial charge in [-0.25, -0.2) is 4.39 Å². The molecule has 0 radical (unpaired) electrons. The Hall–Kier alpha value is -1.41. The van der Waals surface area contributed by atoms with E-state index in [2.05, 4.69) is 0 Å². The number of aliphatic hydroxyl groups excluding tert-OH is 1. The van der Waals surface area contributed by atoms with E-state index in [1.807, 2.05) is 24.3 Å². The number of rotatable bonds is 1. The van der Waals surface area contributed by atoms with Gasteiger partial charge in [0.25, 0.3) is 0 Å². The van der Waals surface area contributed by atoms with Crippen LogP contribution in [-0.2, 0) is 0 Å². The molecule has 0 aliphatic carbocycles. The standard InChI is InChI=1S/C11H9FO/c12-11(13)10-7-3-5-8-4-1-2-6-9(8)10/h1-7,11,13H. The summed E-state index contributed by atoms with van der Waals surface area (Å²) in [6.07, 6.45) is -1.90. The molecule has 0 saturated heterocycles. The third-order valence-corrected chi connectivity index (χ3v) is 2.08. The molecule has 1 unspecified atom stereocenters. The quantitative estimate of drug-likeness (QED) is 0.708. The topological polar surface area (TPSA) is 20.2 Å². The highest BCUT2D eigenvalue weighted by atomic mass is 19.1. The summed E-state index contributed by atoms with van der Waals surface area (Å²) in [6, 6.07) is 12.6. The third-order valence-electron chi connectivity index (χ3n) is 2.08. The monoisotopic (exact) mass is 176 g/mol. The Balaban J connectivity index is 2.76. The first-order valence-corrected chi connectivity index (χ1v) is 4.09. The van der Waals surface area contributed by atoms with Crippen molar-refractivity contribution in [3.8, 4) is 0 Å². The van der Waals surface area contributed by atoms with Gasteiger partial charge in [0.1, 0.15) is 0 Å². The second-order valence-electron chi connectivity index (χ2n) is 2.90. The van der Waals surface area contributed by atoms with Gasteiger partial charge in [-0.1, -0.05) is 42.5 Å². The number of aliphatic hydroxyl groups is 1. The van der Waals surface area contributed by atoms with Crippen LogP contribution in [0.15, 0.2) is 42.5 Å². The van der Waals surface area contributed by atoms with Gasteiger partial charge in [-0.3, -0.25) is 0 Å². The molecule has 1 N–H and O–H groups in total. The smallest absolute Gasteiger partial charge is 0.223 e. The van der Waals surface area contributed by atoms with Gasteiger partial charge in [-0.15, -0.1) is 0 Å². The maximum absolute atomic E-state index is 12.7. The summed E-state index contributed by atoms with van der Waals surface area (Å²) in [7, 11) is 0. The molecule has 2 heteroatoms. The van der Waals surface area contributed by atoms with Gasteiger partial charge >= 0.3 is 0 Å². The molecule has 0 heterocycles. The first kappa shape index (κ1) is 8.20. The van der Waals surface area contributed by atoms with Gasteiger partial charge in [0.05, 0.1) is 0 Å². The van der Waals surface area contributed by atoms with Crippen LogP contribution in [-0.4, -0.2) is 5.11 Å². The molecule has 0 saturated carbocycles. The van der Waals surface area contributed by atoms with Crippen molar-refractivity contribution in [3.05, 3.63) is 48.0 Å². The van der Waals surface area contributed by atoms with E-state index in [-0.39, 0.29) is 0 Å². The number of fused-ring (bicyclic) bond motifs is 1. The summed E-state index contributed by atoms with van der Waals surface area (Å²) in [5, 5.41) is 10.6. The molecule has 0 aliphatic rings. The predicted molar refractivity (Wildman–Crippen MR) is 50.0 cm³/mol. The van der Waals surface area contributed by atoms with Crippen LogP contribution in [0.25, 0.3) is 10.8 Å². The van der Waals surface area contributed by atoms with Crippen LogP contribution in [0.1, 0.15) is 11.9 Å². The molecule has 1 nitrogen and oxygen atoms in total. The lowest BCUT2D eigenvalue weighted by Crippen LogP contribution is -1.89. The minimum absolute atomic E-state index is 0.332. The molecule has 66 valence electrons. The highest BCUT2D eigenvalue weighted by molar-refractivity contribution is 5.85.